The highest BCUT2D eigenvalue weighted by Crippen LogP contribution is 2.65. The molecule has 0 aromatic heterocycles. The minimum absolute atomic E-state index is 1.11. The third kappa shape index (κ3) is 7.34. The molecule has 0 unspecified atom stereocenters. The van der Waals surface area contributed by atoms with Gasteiger partial charge in [-0.15, -0.1) is 0 Å². The summed E-state index contributed by atoms with van der Waals surface area (Å²) in [6.45, 7) is 8.78. The fourth-order valence-electron chi connectivity index (χ4n) is 1.45. The summed E-state index contributed by atoms with van der Waals surface area (Å²) in [4.78, 5) is 0. The SMILES string of the molecule is CC/C=C/[P+](/C=C/CC)(/C=C/CC)/C=C/CC. The maximum absolute atomic E-state index is 2.41. The van der Waals surface area contributed by atoms with Crippen molar-refractivity contribution < 1.29 is 0 Å². The van der Waals surface area contributed by atoms with Crippen LogP contribution in [0.25, 0.3) is 0 Å². The maximum Gasteiger partial charge on any atom is 0.113 e. The average molecular weight is 251 g/mol. The monoisotopic (exact) mass is 251 g/mol. The van der Waals surface area contributed by atoms with Crippen LogP contribution in [0.15, 0.2) is 47.6 Å². The van der Waals surface area contributed by atoms with E-state index in [-0.39, 0.29) is 0 Å². The Hall–Kier alpha value is -0.610. The van der Waals surface area contributed by atoms with Crippen molar-refractivity contribution in [3.8, 4) is 0 Å². The van der Waals surface area contributed by atoms with Gasteiger partial charge in [-0.05, 0) is 50.0 Å². The summed E-state index contributed by atoms with van der Waals surface area (Å²) < 4.78 is 0. The molecule has 0 rings (SSSR count). The zero-order valence-electron chi connectivity index (χ0n) is 11.9. The third-order valence-electron chi connectivity index (χ3n) is 2.40. The van der Waals surface area contributed by atoms with E-state index < -0.39 is 7.26 Å². The number of hydrogen-bond donors (Lipinski definition) is 0. The van der Waals surface area contributed by atoms with Crippen LogP contribution >= 0.6 is 7.26 Å². The predicted molar refractivity (Wildman–Crippen MR) is 84.6 cm³/mol. The van der Waals surface area contributed by atoms with Gasteiger partial charge < -0.3 is 0 Å². The fourth-order valence-corrected chi connectivity index (χ4v) is 4.35. The molecule has 17 heavy (non-hydrogen) atoms. The van der Waals surface area contributed by atoms with Crippen LogP contribution in [0.3, 0.4) is 0 Å². The number of rotatable bonds is 8. The van der Waals surface area contributed by atoms with Crippen molar-refractivity contribution in [1.82, 2.24) is 0 Å². The highest BCUT2D eigenvalue weighted by molar-refractivity contribution is 7.87. The number of hydrogen-bond acceptors (Lipinski definition) is 0. The Balaban J connectivity index is 5.18. The summed E-state index contributed by atoms with van der Waals surface area (Å²) in [5.41, 5.74) is 0. The first kappa shape index (κ1) is 16.4. The predicted octanol–water partition coefficient (Wildman–Crippen LogP) is 6.70. The normalized spacial score (nSPS) is 13.9. The first-order valence-electron chi connectivity index (χ1n) is 6.83. The minimum atomic E-state index is -1.28. The lowest BCUT2D eigenvalue weighted by molar-refractivity contribution is 1.22. The van der Waals surface area contributed by atoms with Gasteiger partial charge in [-0.2, -0.15) is 0 Å². The van der Waals surface area contributed by atoms with Gasteiger partial charge in [-0.25, -0.2) is 0 Å². The summed E-state index contributed by atoms with van der Waals surface area (Å²) in [5.74, 6) is 9.66. The molecule has 0 atom stereocenters. The Labute approximate surface area is 109 Å². The molecule has 0 N–H and O–H groups in total. The largest absolute Gasteiger partial charge is 0.113 e. The van der Waals surface area contributed by atoms with Crippen molar-refractivity contribution in [1.29, 1.82) is 0 Å². The third-order valence-corrected chi connectivity index (χ3v) is 5.31. The smallest absolute Gasteiger partial charge is 0.0617 e. The Bertz CT molecular complexity index is 220. The first-order chi connectivity index (χ1) is 8.24. The van der Waals surface area contributed by atoms with Crippen molar-refractivity contribution in [2.24, 2.45) is 0 Å². The fraction of sp³-hybridized carbons (Fsp3) is 0.500. The maximum atomic E-state index is 2.41. The molecule has 0 nitrogen and oxygen atoms in total. The zero-order chi connectivity index (χ0) is 13.0. The summed E-state index contributed by atoms with van der Waals surface area (Å²) in [5, 5.41) is 0. The molecular formula is C16H28P+. The lowest BCUT2D eigenvalue weighted by atomic mass is 10.5. The van der Waals surface area contributed by atoms with Crippen LogP contribution in [-0.2, 0) is 0 Å². The molecule has 0 heterocycles. The second kappa shape index (κ2) is 10.5. The average Bonchev–Trinajstić information content (AvgIpc) is 2.37. The molecule has 0 aromatic carbocycles. The van der Waals surface area contributed by atoms with Crippen LogP contribution in [0.2, 0.25) is 0 Å². The molecule has 0 aromatic rings. The van der Waals surface area contributed by atoms with Crippen LogP contribution in [0.4, 0.5) is 0 Å². The molecule has 0 aliphatic carbocycles. The Morgan fingerprint density at radius 3 is 0.941 bits per heavy atom. The molecule has 0 amide bonds. The van der Waals surface area contributed by atoms with Crippen LogP contribution in [0, 0.1) is 0 Å². The molecule has 0 radical (unpaired) electrons. The van der Waals surface area contributed by atoms with Gasteiger partial charge in [0, 0.05) is 0 Å². The Kier molecular flexibility index (Phi) is 10.2. The van der Waals surface area contributed by atoms with Gasteiger partial charge in [-0.3, -0.25) is 0 Å². The van der Waals surface area contributed by atoms with E-state index in [4.69, 9.17) is 0 Å². The highest BCUT2D eigenvalue weighted by Gasteiger charge is 2.24. The van der Waals surface area contributed by atoms with E-state index >= 15 is 0 Å². The topological polar surface area (TPSA) is 0 Å². The van der Waals surface area contributed by atoms with E-state index in [1.54, 1.807) is 0 Å². The number of allylic oxidation sites excluding steroid dienone is 4. The van der Waals surface area contributed by atoms with Crippen LogP contribution in [-0.4, -0.2) is 0 Å². The molecule has 0 saturated carbocycles. The summed E-state index contributed by atoms with van der Waals surface area (Å²) in [6.07, 6.45) is 13.6. The lowest BCUT2D eigenvalue weighted by Gasteiger charge is -2.10. The minimum Gasteiger partial charge on any atom is -0.0617 e. The quantitative estimate of drug-likeness (QED) is 0.421. The molecule has 0 saturated heterocycles. The van der Waals surface area contributed by atoms with Crippen LogP contribution in [0.1, 0.15) is 53.4 Å². The summed E-state index contributed by atoms with van der Waals surface area (Å²) >= 11 is 0. The standard InChI is InChI=1S/C16H28P/c1-5-9-13-17(14-10-6-2,15-11-7-3)16-12-8-4/h9-16H,5-8H2,1-4H3/q+1/b13-9+,14-10+,15-11+,16-12+. The second-order valence-corrected chi connectivity index (χ2v) is 7.05. The van der Waals surface area contributed by atoms with Gasteiger partial charge in [0.15, 0.2) is 0 Å². The van der Waals surface area contributed by atoms with Gasteiger partial charge in [0.25, 0.3) is 0 Å². The van der Waals surface area contributed by atoms with Crippen molar-refractivity contribution in [2.75, 3.05) is 0 Å². The van der Waals surface area contributed by atoms with Crippen LogP contribution < -0.4 is 0 Å². The highest BCUT2D eigenvalue weighted by atomic mass is 31.2. The Morgan fingerprint density at radius 1 is 0.529 bits per heavy atom. The van der Waals surface area contributed by atoms with Crippen molar-refractivity contribution >= 4 is 7.26 Å². The van der Waals surface area contributed by atoms with E-state index in [0.717, 1.165) is 25.7 Å². The van der Waals surface area contributed by atoms with Gasteiger partial charge >= 0.3 is 0 Å². The molecule has 96 valence electrons. The summed E-state index contributed by atoms with van der Waals surface area (Å²) in [7, 11) is -1.28. The molecule has 1 heteroatoms. The second-order valence-electron chi connectivity index (χ2n) is 4.07. The van der Waals surface area contributed by atoms with Crippen molar-refractivity contribution in [3.05, 3.63) is 47.6 Å². The molecular weight excluding hydrogens is 223 g/mol. The molecule has 0 spiro atoms. The van der Waals surface area contributed by atoms with E-state index in [1.807, 2.05) is 0 Å². The van der Waals surface area contributed by atoms with Gasteiger partial charge in [0.2, 0.25) is 0 Å². The lowest BCUT2D eigenvalue weighted by Crippen LogP contribution is -1.77. The van der Waals surface area contributed by atoms with Gasteiger partial charge in [0.1, 0.15) is 7.26 Å². The Morgan fingerprint density at radius 2 is 0.765 bits per heavy atom. The van der Waals surface area contributed by atoms with E-state index in [9.17, 15) is 0 Å². The zero-order valence-corrected chi connectivity index (χ0v) is 12.8. The van der Waals surface area contributed by atoms with Crippen LogP contribution in [0.5, 0.6) is 0 Å². The van der Waals surface area contributed by atoms with E-state index in [0.29, 0.717) is 0 Å². The van der Waals surface area contributed by atoms with Gasteiger partial charge in [0.05, 0.1) is 23.3 Å². The van der Waals surface area contributed by atoms with E-state index in [1.165, 1.54) is 0 Å². The molecule has 0 aliphatic rings. The molecule has 0 fully saturated rings. The van der Waals surface area contributed by atoms with Gasteiger partial charge in [-0.1, -0.05) is 27.7 Å². The van der Waals surface area contributed by atoms with E-state index in [2.05, 4.69) is 75.3 Å². The summed E-state index contributed by atoms with van der Waals surface area (Å²) in [6, 6.07) is 0. The molecule has 0 aliphatic heterocycles. The molecule has 0 bridgehead atoms. The van der Waals surface area contributed by atoms with Crippen molar-refractivity contribution in [2.45, 2.75) is 53.4 Å². The van der Waals surface area contributed by atoms with Crippen molar-refractivity contribution in [3.63, 3.8) is 0 Å². The first-order valence-corrected chi connectivity index (χ1v) is 8.89.